The summed E-state index contributed by atoms with van der Waals surface area (Å²) in [7, 11) is -0.753. The van der Waals surface area contributed by atoms with Crippen molar-refractivity contribution in [2.75, 3.05) is 31.8 Å². The largest absolute Gasteiger partial charge is 0.396 e. The van der Waals surface area contributed by atoms with Gasteiger partial charge in [0.2, 0.25) is 0 Å². The van der Waals surface area contributed by atoms with E-state index in [4.69, 9.17) is 10.2 Å². The summed E-state index contributed by atoms with van der Waals surface area (Å²) in [5.74, 6) is 0.684. The zero-order chi connectivity index (χ0) is 11.9. The van der Waals surface area contributed by atoms with Crippen molar-refractivity contribution in [2.45, 2.75) is 26.3 Å². The van der Waals surface area contributed by atoms with Crippen LogP contribution >= 0.6 is 0 Å². The summed E-state index contributed by atoms with van der Waals surface area (Å²) in [6, 6.07) is 0.256. The van der Waals surface area contributed by atoms with E-state index in [0.717, 1.165) is 6.42 Å². The molecule has 0 heterocycles. The van der Waals surface area contributed by atoms with Gasteiger partial charge in [-0.1, -0.05) is 6.92 Å². The number of aliphatic hydroxyl groups excluding tert-OH is 2. The lowest BCUT2D eigenvalue weighted by atomic mass is 9.93. The van der Waals surface area contributed by atoms with E-state index >= 15 is 0 Å². The average molecular weight is 237 g/mol. The van der Waals surface area contributed by atoms with Crippen molar-refractivity contribution < 1.29 is 14.4 Å². The molecule has 0 aliphatic heterocycles. The Morgan fingerprint density at radius 2 is 1.93 bits per heavy atom. The minimum atomic E-state index is -0.753. The van der Waals surface area contributed by atoms with Gasteiger partial charge in [-0.05, 0) is 13.3 Å². The van der Waals surface area contributed by atoms with Crippen LogP contribution in [-0.2, 0) is 10.8 Å². The molecule has 0 bridgehead atoms. The Morgan fingerprint density at radius 1 is 1.40 bits per heavy atom. The first-order valence-electron chi connectivity index (χ1n) is 5.18. The molecular formula is C10H23NO3S. The summed E-state index contributed by atoms with van der Waals surface area (Å²) >= 11 is 0. The Hall–Kier alpha value is 0.0300. The molecule has 0 rings (SSSR count). The van der Waals surface area contributed by atoms with Crippen molar-refractivity contribution in [3.63, 3.8) is 0 Å². The van der Waals surface area contributed by atoms with E-state index in [1.165, 1.54) is 0 Å². The van der Waals surface area contributed by atoms with Crippen LogP contribution in [-0.4, -0.2) is 52.2 Å². The molecule has 0 saturated heterocycles. The molecule has 92 valence electrons. The second kappa shape index (κ2) is 7.33. The van der Waals surface area contributed by atoms with Crippen LogP contribution in [0.3, 0.4) is 0 Å². The highest BCUT2D eigenvalue weighted by Crippen LogP contribution is 2.12. The van der Waals surface area contributed by atoms with Crippen LogP contribution in [0.4, 0.5) is 0 Å². The van der Waals surface area contributed by atoms with E-state index in [1.807, 2.05) is 13.8 Å². The molecule has 0 aliphatic rings. The van der Waals surface area contributed by atoms with Crippen LogP contribution in [0.5, 0.6) is 0 Å². The van der Waals surface area contributed by atoms with Crippen molar-refractivity contribution >= 4 is 10.8 Å². The molecule has 15 heavy (non-hydrogen) atoms. The fraction of sp³-hybridized carbons (Fsp3) is 1.00. The van der Waals surface area contributed by atoms with Gasteiger partial charge in [-0.3, -0.25) is 4.21 Å². The zero-order valence-electron chi connectivity index (χ0n) is 9.82. The van der Waals surface area contributed by atoms with Crippen LogP contribution < -0.4 is 5.32 Å². The quantitative estimate of drug-likeness (QED) is 0.543. The third-order valence-electron chi connectivity index (χ3n) is 2.48. The van der Waals surface area contributed by atoms with Gasteiger partial charge in [-0.2, -0.15) is 0 Å². The van der Waals surface area contributed by atoms with Crippen LogP contribution in [0.2, 0.25) is 0 Å². The average Bonchev–Trinajstić information content (AvgIpc) is 2.23. The van der Waals surface area contributed by atoms with Crippen molar-refractivity contribution in [1.29, 1.82) is 0 Å². The molecule has 4 nitrogen and oxygen atoms in total. The monoisotopic (exact) mass is 237 g/mol. The summed E-state index contributed by atoms with van der Waals surface area (Å²) in [5.41, 5.74) is -0.473. The lowest BCUT2D eigenvalue weighted by molar-refractivity contribution is 0.0677. The molecule has 5 heteroatoms. The van der Waals surface area contributed by atoms with E-state index in [2.05, 4.69) is 5.32 Å². The third kappa shape index (κ3) is 7.00. The van der Waals surface area contributed by atoms with Gasteiger partial charge in [0.25, 0.3) is 0 Å². The minimum Gasteiger partial charge on any atom is -0.396 e. The first-order valence-corrected chi connectivity index (χ1v) is 6.91. The molecule has 0 amide bonds. The smallest absolute Gasteiger partial charge is 0.0518 e. The molecule has 0 aliphatic carbocycles. The van der Waals surface area contributed by atoms with Gasteiger partial charge in [0.15, 0.2) is 0 Å². The summed E-state index contributed by atoms with van der Waals surface area (Å²) in [6.45, 7) is 4.33. The Kier molecular flexibility index (Phi) is 7.34. The Morgan fingerprint density at radius 3 is 2.33 bits per heavy atom. The Balaban J connectivity index is 3.78. The standard InChI is InChI=1S/C10H23NO3S/c1-9(4-5-15(3)14)11-6-10(2,7-12)8-13/h9,11-13H,4-8H2,1-3H3. The van der Waals surface area contributed by atoms with E-state index in [0.29, 0.717) is 12.3 Å². The van der Waals surface area contributed by atoms with Crippen molar-refractivity contribution in [1.82, 2.24) is 5.32 Å². The number of rotatable bonds is 8. The van der Waals surface area contributed by atoms with E-state index in [-0.39, 0.29) is 19.3 Å². The highest BCUT2D eigenvalue weighted by Gasteiger charge is 2.22. The summed E-state index contributed by atoms with van der Waals surface area (Å²) in [6.07, 6.45) is 2.54. The third-order valence-corrected chi connectivity index (χ3v) is 3.29. The van der Waals surface area contributed by atoms with E-state index in [1.54, 1.807) is 6.26 Å². The van der Waals surface area contributed by atoms with Crippen LogP contribution in [0.1, 0.15) is 20.3 Å². The second-order valence-electron chi connectivity index (χ2n) is 4.47. The SMILES string of the molecule is CC(CCS(C)=O)NCC(C)(CO)CO. The summed E-state index contributed by atoms with van der Waals surface area (Å²) in [4.78, 5) is 0. The van der Waals surface area contributed by atoms with Gasteiger partial charge in [0.1, 0.15) is 0 Å². The zero-order valence-corrected chi connectivity index (χ0v) is 10.6. The molecule has 0 fully saturated rings. The number of hydrogen-bond donors (Lipinski definition) is 3. The van der Waals surface area contributed by atoms with Gasteiger partial charge in [0, 0.05) is 40.8 Å². The normalized spacial score (nSPS) is 16.3. The maximum Gasteiger partial charge on any atom is 0.0518 e. The number of nitrogens with one attached hydrogen (secondary N) is 1. The van der Waals surface area contributed by atoms with Crippen molar-refractivity contribution in [2.24, 2.45) is 5.41 Å². The fourth-order valence-electron chi connectivity index (χ4n) is 1.03. The number of aliphatic hydroxyl groups is 2. The number of hydrogen-bond acceptors (Lipinski definition) is 4. The molecule has 0 saturated carbocycles. The maximum atomic E-state index is 10.9. The topological polar surface area (TPSA) is 69.6 Å². The molecule has 3 N–H and O–H groups in total. The summed E-state index contributed by atoms with van der Waals surface area (Å²) in [5, 5.41) is 21.4. The van der Waals surface area contributed by atoms with E-state index in [9.17, 15) is 4.21 Å². The molecule has 2 unspecified atom stereocenters. The minimum absolute atomic E-state index is 0.0388. The molecule has 2 atom stereocenters. The Bertz CT molecular complexity index is 195. The van der Waals surface area contributed by atoms with Gasteiger partial charge in [0.05, 0.1) is 13.2 Å². The van der Waals surface area contributed by atoms with Gasteiger partial charge < -0.3 is 15.5 Å². The predicted octanol–water partition coefficient (Wildman–Crippen LogP) is -0.276. The molecule has 0 radical (unpaired) electrons. The Labute approximate surface area is 94.5 Å². The molecule has 0 spiro atoms. The van der Waals surface area contributed by atoms with Crippen molar-refractivity contribution in [3.05, 3.63) is 0 Å². The molecule has 0 aromatic carbocycles. The van der Waals surface area contributed by atoms with E-state index < -0.39 is 16.2 Å². The summed E-state index contributed by atoms with van der Waals surface area (Å²) < 4.78 is 10.9. The van der Waals surface area contributed by atoms with Crippen LogP contribution in [0.15, 0.2) is 0 Å². The highest BCUT2D eigenvalue weighted by molar-refractivity contribution is 7.84. The van der Waals surface area contributed by atoms with Gasteiger partial charge >= 0.3 is 0 Å². The maximum absolute atomic E-state index is 10.9. The fourth-order valence-corrected chi connectivity index (χ4v) is 1.71. The van der Waals surface area contributed by atoms with Gasteiger partial charge in [-0.15, -0.1) is 0 Å². The molecule has 0 aromatic rings. The van der Waals surface area contributed by atoms with Crippen LogP contribution in [0.25, 0.3) is 0 Å². The first kappa shape index (κ1) is 15.0. The lowest BCUT2D eigenvalue weighted by Crippen LogP contribution is -2.41. The second-order valence-corrected chi connectivity index (χ2v) is 6.03. The lowest BCUT2D eigenvalue weighted by Gasteiger charge is -2.27. The molecular weight excluding hydrogens is 214 g/mol. The highest BCUT2D eigenvalue weighted by atomic mass is 32.2. The first-order chi connectivity index (χ1) is 6.93. The predicted molar refractivity (Wildman–Crippen MR) is 63.3 cm³/mol. The van der Waals surface area contributed by atoms with Gasteiger partial charge in [-0.25, -0.2) is 0 Å². The van der Waals surface area contributed by atoms with Crippen LogP contribution in [0, 0.1) is 5.41 Å². The molecule has 0 aromatic heterocycles. The van der Waals surface area contributed by atoms with Crippen molar-refractivity contribution in [3.8, 4) is 0 Å².